The van der Waals surface area contributed by atoms with Gasteiger partial charge in [0.1, 0.15) is 11.3 Å². The second kappa shape index (κ2) is 6.80. The summed E-state index contributed by atoms with van der Waals surface area (Å²) in [6, 6.07) is 0.225. The Labute approximate surface area is 143 Å². The van der Waals surface area contributed by atoms with Crippen LogP contribution in [0.1, 0.15) is 58.2 Å². The summed E-state index contributed by atoms with van der Waals surface area (Å²) in [6.45, 7) is 8.98. The van der Waals surface area contributed by atoms with Gasteiger partial charge in [0.2, 0.25) is 5.91 Å². The van der Waals surface area contributed by atoms with Crippen molar-refractivity contribution in [2.24, 2.45) is 0 Å². The third-order valence-electron chi connectivity index (χ3n) is 5.09. The van der Waals surface area contributed by atoms with Crippen LogP contribution < -0.4 is 0 Å². The molecule has 0 aromatic carbocycles. The van der Waals surface area contributed by atoms with Crippen LogP contribution in [0, 0.1) is 0 Å². The van der Waals surface area contributed by atoms with Gasteiger partial charge in [0.15, 0.2) is 0 Å². The van der Waals surface area contributed by atoms with Crippen molar-refractivity contribution in [1.29, 1.82) is 0 Å². The second-order valence-corrected chi connectivity index (χ2v) is 7.59. The molecule has 1 unspecified atom stereocenters. The Balaban J connectivity index is 1.57. The number of aromatic nitrogens is 3. The molecule has 0 spiro atoms. The molecule has 134 valence electrons. The lowest BCUT2D eigenvalue weighted by Crippen LogP contribution is -2.58. The Morgan fingerprint density at radius 3 is 2.75 bits per heavy atom. The van der Waals surface area contributed by atoms with Gasteiger partial charge in [-0.2, -0.15) is 0 Å². The fourth-order valence-corrected chi connectivity index (χ4v) is 3.57. The smallest absolute Gasteiger partial charge is 0.240 e. The Hall–Kier alpha value is -1.47. The van der Waals surface area contributed by atoms with Crippen LogP contribution in [0.15, 0.2) is 6.20 Å². The number of nitrogens with zero attached hydrogens (tertiary/aromatic N) is 5. The lowest BCUT2D eigenvalue weighted by Gasteiger charge is -2.44. The fourth-order valence-electron chi connectivity index (χ4n) is 3.57. The second-order valence-electron chi connectivity index (χ2n) is 7.59. The van der Waals surface area contributed by atoms with Crippen molar-refractivity contribution in [3.8, 4) is 0 Å². The fraction of sp³-hybridized carbons (Fsp3) is 0.824. The van der Waals surface area contributed by atoms with Gasteiger partial charge in [-0.15, -0.1) is 5.10 Å². The molecule has 24 heavy (non-hydrogen) atoms. The normalized spacial score (nSPS) is 23.3. The molecule has 7 nitrogen and oxygen atoms in total. The SMILES string of the molecule is CCCN1CCCCC1C(=O)N1CC(n2cc(C(C)(C)O)nn2)C1. The number of likely N-dealkylation sites (tertiary alicyclic amines) is 2. The molecule has 1 N–H and O–H groups in total. The summed E-state index contributed by atoms with van der Waals surface area (Å²) in [5, 5.41) is 18.1. The molecule has 2 aliphatic heterocycles. The third kappa shape index (κ3) is 3.47. The van der Waals surface area contributed by atoms with Crippen molar-refractivity contribution in [1.82, 2.24) is 24.8 Å². The lowest BCUT2D eigenvalue weighted by atomic mass is 9.98. The number of carbonyl (C=O) groups is 1. The highest BCUT2D eigenvalue weighted by molar-refractivity contribution is 5.82. The molecule has 2 saturated heterocycles. The highest BCUT2D eigenvalue weighted by Gasteiger charge is 2.39. The molecule has 3 rings (SSSR count). The Morgan fingerprint density at radius 2 is 2.12 bits per heavy atom. The van der Waals surface area contributed by atoms with Gasteiger partial charge in [0.05, 0.1) is 18.3 Å². The van der Waals surface area contributed by atoms with Crippen molar-refractivity contribution in [2.45, 2.75) is 64.1 Å². The standard InChI is InChI=1S/C17H29N5O2/c1-4-8-20-9-6-5-7-14(20)16(23)21-10-13(11-21)22-12-15(18-19-22)17(2,3)24/h12-14,24H,4-11H2,1-3H3. The first-order valence-corrected chi connectivity index (χ1v) is 9.07. The monoisotopic (exact) mass is 335 g/mol. The van der Waals surface area contributed by atoms with Crippen LogP contribution in [-0.4, -0.2) is 68.0 Å². The topological polar surface area (TPSA) is 74.5 Å². The Kier molecular flexibility index (Phi) is 4.92. The average Bonchev–Trinajstić information content (AvgIpc) is 2.96. The highest BCUT2D eigenvalue weighted by atomic mass is 16.3. The number of aliphatic hydroxyl groups is 1. The van der Waals surface area contributed by atoms with Gasteiger partial charge in [-0.25, -0.2) is 4.68 Å². The van der Waals surface area contributed by atoms with Gasteiger partial charge < -0.3 is 10.0 Å². The van der Waals surface area contributed by atoms with Crippen LogP contribution in [0.5, 0.6) is 0 Å². The van der Waals surface area contributed by atoms with Crippen LogP contribution in [-0.2, 0) is 10.4 Å². The largest absolute Gasteiger partial charge is 0.384 e. The molecule has 7 heteroatoms. The summed E-state index contributed by atoms with van der Waals surface area (Å²) in [6.07, 6.45) is 6.20. The van der Waals surface area contributed by atoms with E-state index in [1.807, 2.05) is 4.90 Å². The molecule has 1 amide bonds. The van der Waals surface area contributed by atoms with Crippen molar-refractivity contribution in [3.63, 3.8) is 0 Å². The van der Waals surface area contributed by atoms with Crippen LogP contribution in [0.3, 0.4) is 0 Å². The summed E-state index contributed by atoms with van der Waals surface area (Å²) in [7, 11) is 0. The molecular weight excluding hydrogens is 306 g/mol. The molecule has 1 aromatic rings. The maximum absolute atomic E-state index is 12.8. The van der Waals surface area contributed by atoms with Gasteiger partial charge in [-0.1, -0.05) is 18.6 Å². The molecule has 0 bridgehead atoms. The van der Waals surface area contributed by atoms with Gasteiger partial charge in [-0.3, -0.25) is 9.69 Å². The van der Waals surface area contributed by atoms with E-state index in [0.29, 0.717) is 18.8 Å². The first kappa shape index (κ1) is 17.4. The van der Waals surface area contributed by atoms with E-state index >= 15 is 0 Å². The molecular formula is C17H29N5O2. The van der Waals surface area contributed by atoms with E-state index in [2.05, 4.69) is 22.1 Å². The van der Waals surface area contributed by atoms with Gasteiger partial charge in [0.25, 0.3) is 0 Å². The summed E-state index contributed by atoms with van der Waals surface area (Å²) in [4.78, 5) is 17.1. The maximum Gasteiger partial charge on any atom is 0.240 e. The molecule has 1 aromatic heterocycles. The zero-order valence-electron chi connectivity index (χ0n) is 15.0. The predicted octanol–water partition coefficient (Wildman–Crippen LogP) is 1.15. The van der Waals surface area contributed by atoms with Crippen molar-refractivity contribution >= 4 is 5.91 Å². The Bertz CT molecular complexity index is 572. The number of hydrogen-bond donors (Lipinski definition) is 1. The van der Waals surface area contributed by atoms with E-state index < -0.39 is 5.60 Å². The summed E-state index contributed by atoms with van der Waals surface area (Å²) in [5.74, 6) is 0.266. The molecule has 1 atom stereocenters. The Morgan fingerprint density at radius 1 is 1.38 bits per heavy atom. The summed E-state index contributed by atoms with van der Waals surface area (Å²) >= 11 is 0. The maximum atomic E-state index is 12.8. The lowest BCUT2D eigenvalue weighted by molar-refractivity contribution is -0.144. The van der Waals surface area contributed by atoms with E-state index in [4.69, 9.17) is 0 Å². The number of piperidine rings is 1. The first-order valence-electron chi connectivity index (χ1n) is 9.07. The van der Waals surface area contributed by atoms with Crippen LogP contribution >= 0.6 is 0 Å². The third-order valence-corrected chi connectivity index (χ3v) is 5.09. The highest BCUT2D eigenvalue weighted by Crippen LogP contribution is 2.27. The quantitative estimate of drug-likeness (QED) is 0.874. The van der Waals surface area contributed by atoms with Crippen molar-refractivity contribution in [3.05, 3.63) is 11.9 Å². The molecule has 2 aliphatic rings. The minimum atomic E-state index is -0.986. The van der Waals surface area contributed by atoms with E-state index in [1.165, 1.54) is 6.42 Å². The number of rotatable bonds is 5. The average molecular weight is 335 g/mol. The van der Waals surface area contributed by atoms with E-state index in [9.17, 15) is 9.90 Å². The molecule has 0 aliphatic carbocycles. The minimum absolute atomic E-state index is 0.0577. The van der Waals surface area contributed by atoms with Gasteiger partial charge in [0, 0.05) is 13.1 Å². The molecule has 2 fully saturated rings. The summed E-state index contributed by atoms with van der Waals surface area (Å²) < 4.78 is 1.78. The summed E-state index contributed by atoms with van der Waals surface area (Å²) in [5.41, 5.74) is -0.422. The number of hydrogen-bond acceptors (Lipinski definition) is 5. The molecule has 3 heterocycles. The van der Waals surface area contributed by atoms with Crippen molar-refractivity contribution < 1.29 is 9.90 Å². The zero-order valence-corrected chi connectivity index (χ0v) is 15.0. The van der Waals surface area contributed by atoms with E-state index in [-0.39, 0.29) is 18.0 Å². The van der Waals surface area contributed by atoms with E-state index in [1.54, 1.807) is 24.7 Å². The van der Waals surface area contributed by atoms with Crippen LogP contribution in [0.4, 0.5) is 0 Å². The van der Waals surface area contributed by atoms with Crippen LogP contribution in [0.25, 0.3) is 0 Å². The van der Waals surface area contributed by atoms with E-state index in [0.717, 1.165) is 32.4 Å². The molecule has 0 radical (unpaired) electrons. The zero-order chi connectivity index (χ0) is 17.3. The predicted molar refractivity (Wildman–Crippen MR) is 90.4 cm³/mol. The van der Waals surface area contributed by atoms with Gasteiger partial charge in [-0.05, 0) is 46.2 Å². The first-order chi connectivity index (χ1) is 11.4. The molecule has 0 saturated carbocycles. The van der Waals surface area contributed by atoms with Crippen LogP contribution in [0.2, 0.25) is 0 Å². The number of carbonyl (C=O) groups excluding carboxylic acids is 1. The minimum Gasteiger partial charge on any atom is -0.384 e. The van der Waals surface area contributed by atoms with Crippen molar-refractivity contribution in [2.75, 3.05) is 26.2 Å². The number of amides is 1. The van der Waals surface area contributed by atoms with Gasteiger partial charge >= 0.3 is 0 Å².